The molecule has 0 bridgehead atoms. The molecule has 1 aliphatic rings. The Hall–Kier alpha value is -0.750. The lowest BCUT2D eigenvalue weighted by atomic mass is 10.0. The van der Waals surface area contributed by atoms with Gasteiger partial charge in [-0.05, 0) is 19.9 Å². The van der Waals surface area contributed by atoms with Crippen LogP contribution in [-0.2, 0) is 4.79 Å². The fraction of sp³-hybridized carbons (Fsp3) is 0.900. The Kier molecular flexibility index (Phi) is 5.08. The van der Waals surface area contributed by atoms with Crippen LogP contribution in [0.4, 0.5) is 8.78 Å². The van der Waals surface area contributed by atoms with Crippen molar-refractivity contribution >= 4 is 5.91 Å². The van der Waals surface area contributed by atoms with Crippen molar-refractivity contribution in [1.82, 2.24) is 10.2 Å². The molecule has 0 aromatic heterocycles. The minimum absolute atomic E-state index is 0.0198. The lowest BCUT2D eigenvalue weighted by Crippen LogP contribution is -2.43. The number of nitrogens with one attached hydrogen (secondary N) is 1. The Bertz CT molecular complexity index is 239. The van der Waals surface area contributed by atoms with Gasteiger partial charge < -0.3 is 15.3 Å². The zero-order valence-corrected chi connectivity index (χ0v) is 9.33. The van der Waals surface area contributed by atoms with E-state index in [1.807, 2.05) is 6.92 Å². The summed E-state index contributed by atoms with van der Waals surface area (Å²) in [7, 11) is 0. The second-order valence-corrected chi connectivity index (χ2v) is 4.04. The highest BCUT2D eigenvalue weighted by Gasteiger charge is 2.33. The van der Waals surface area contributed by atoms with E-state index in [1.54, 1.807) is 0 Å². The number of carbonyl (C=O) groups excluding carboxylic acids is 1. The maximum atomic E-state index is 12.3. The molecule has 0 aromatic rings. The fourth-order valence-corrected chi connectivity index (χ4v) is 2.01. The highest BCUT2D eigenvalue weighted by Crippen LogP contribution is 2.18. The summed E-state index contributed by atoms with van der Waals surface area (Å²) in [6, 6.07) is 0.0198. The van der Waals surface area contributed by atoms with Gasteiger partial charge in [-0.25, -0.2) is 8.78 Å². The molecule has 1 amide bonds. The number of rotatable bonds is 5. The van der Waals surface area contributed by atoms with Gasteiger partial charge in [-0.1, -0.05) is 0 Å². The summed E-state index contributed by atoms with van der Waals surface area (Å²) in [5, 5.41) is 11.9. The van der Waals surface area contributed by atoms with Crippen LogP contribution in [0.1, 0.15) is 13.3 Å². The highest BCUT2D eigenvalue weighted by atomic mass is 19.3. The summed E-state index contributed by atoms with van der Waals surface area (Å²) in [4.78, 5) is 13.0. The van der Waals surface area contributed by atoms with E-state index in [0.717, 1.165) is 11.4 Å². The molecule has 2 atom stereocenters. The molecular weight excluding hydrogens is 218 g/mol. The predicted octanol–water partition coefficient (Wildman–Crippen LogP) is 0.0704. The Morgan fingerprint density at radius 3 is 2.75 bits per heavy atom. The van der Waals surface area contributed by atoms with Gasteiger partial charge in [0.1, 0.15) is 0 Å². The lowest BCUT2D eigenvalue weighted by molar-refractivity contribution is -0.138. The number of aliphatic hydroxyl groups excluding tert-OH is 1. The number of amides is 1. The normalized spacial score (nSPS) is 25.1. The molecule has 0 aliphatic carbocycles. The van der Waals surface area contributed by atoms with Crippen LogP contribution in [0.5, 0.6) is 0 Å². The minimum atomic E-state index is -2.56. The molecule has 16 heavy (non-hydrogen) atoms. The van der Waals surface area contributed by atoms with Gasteiger partial charge in [0.2, 0.25) is 5.91 Å². The summed E-state index contributed by atoms with van der Waals surface area (Å²) < 4.78 is 24.5. The molecule has 0 aromatic carbocycles. The van der Waals surface area contributed by atoms with E-state index in [-0.39, 0.29) is 31.0 Å². The van der Waals surface area contributed by atoms with Gasteiger partial charge >= 0.3 is 0 Å². The molecule has 4 nitrogen and oxygen atoms in total. The van der Waals surface area contributed by atoms with Crippen molar-refractivity contribution in [2.24, 2.45) is 5.92 Å². The predicted molar refractivity (Wildman–Crippen MR) is 55.2 cm³/mol. The van der Waals surface area contributed by atoms with Crippen molar-refractivity contribution in [3.63, 3.8) is 0 Å². The third kappa shape index (κ3) is 3.38. The van der Waals surface area contributed by atoms with Gasteiger partial charge in [-0.15, -0.1) is 0 Å². The first-order valence-electron chi connectivity index (χ1n) is 5.47. The molecule has 1 heterocycles. The van der Waals surface area contributed by atoms with E-state index in [1.165, 1.54) is 0 Å². The van der Waals surface area contributed by atoms with Gasteiger partial charge in [-0.2, -0.15) is 0 Å². The van der Waals surface area contributed by atoms with Crippen LogP contribution in [0.2, 0.25) is 0 Å². The SMILES string of the molecule is CC1NCCC1C(=O)N(CCO)CC(F)F. The largest absolute Gasteiger partial charge is 0.395 e. The Balaban J connectivity index is 2.58. The smallest absolute Gasteiger partial charge is 0.255 e. The quantitative estimate of drug-likeness (QED) is 0.710. The van der Waals surface area contributed by atoms with Crippen molar-refractivity contribution in [3.05, 3.63) is 0 Å². The van der Waals surface area contributed by atoms with E-state index >= 15 is 0 Å². The van der Waals surface area contributed by atoms with Gasteiger partial charge in [0, 0.05) is 12.6 Å². The van der Waals surface area contributed by atoms with Gasteiger partial charge in [0.25, 0.3) is 6.43 Å². The molecule has 94 valence electrons. The summed E-state index contributed by atoms with van der Waals surface area (Å²) in [5.74, 6) is -0.530. The maximum Gasteiger partial charge on any atom is 0.255 e. The van der Waals surface area contributed by atoms with Crippen LogP contribution in [0, 0.1) is 5.92 Å². The number of nitrogens with zero attached hydrogens (tertiary/aromatic N) is 1. The number of hydrogen-bond donors (Lipinski definition) is 2. The molecule has 2 N–H and O–H groups in total. The second-order valence-electron chi connectivity index (χ2n) is 4.04. The van der Waals surface area contributed by atoms with Crippen molar-refractivity contribution in [2.75, 3.05) is 26.2 Å². The van der Waals surface area contributed by atoms with Crippen LogP contribution >= 0.6 is 0 Å². The second kappa shape index (κ2) is 6.10. The van der Waals surface area contributed by atoms with Crippen molar-refractivity contribution < 1.29 is 18.7 Å². The van der Waals surface area contributed by atoms with Crippen LogP contribution in [0.15, 0.2) is 0 Å². The molecule has 1 fully saturated rings. The van der Waals surface area contributed by atoms with Gasteiger partial charge in [-0.3, -0.25) is 4.79 Å². The molecule has 0 spiro atoms. The first kappa shape index (κ1) is 13.3. The zero-order chi connectivity index (χ0) is 12.1. The number of carbonyl (C=O) groups is 1. The third-order valence-corrected chi connectivity index (χ3v) is 2.88. The van der Waals surface area contributed by atoms with Crippen molar-refractivity contribution in [1.29, 1.82) is 0 Å². The average molecular weight is 236 g/mol. The molecule has 1 aliphatic heterocycles. The van der Waals surface area contributed by atoms with E-state index in [9.17, 15) is 13.6 Å². The van der Waals surface area contributed by atoms with Gasteiger partial charge in [0.05, 0.1) is 19.1 Å². The number of aliphatic hydroxyl groups is 1. The molecule has 6 heteroatoms. The van der Waals surface area contributed by atoms with Crippen molar-refractivity contribution in [3.8, 4) is 0 Å². The number of alkyl halides is 2. The first-order chi connectivity index (χ1) is 7.56. The third-order valence-electron chi connectivity index (χ3n) is 2.88. The Morgan fingerprint density at radius 2 is 2.31 bits per heavy atom. The number of hydrogen-bond acceptors (Lipinski definition) is 3. The maximum absolute atomic E-state index is 12.3. The van der Waals surface area contributed by atoms with Crippen LogP contribution < -0.4 is 5.32 Å². The van der Waals surface area contributed by atoms with E-state index < -0.39 is 13.0 Å². The lowest BCUT2D eigenvalue weighted by Gasteiger charge is -2.26. The van der Waals surface area contributed by atoms with E-state index in [2.05, 4.69) is 5.32 Å². The van der Waals surface area contributed by atoms with E-state index in [4.69, 9.17) is 5.11 Å². The average Bonchev–Trinajstić information content (AvgIpc) is 2.62. The molecule has 0 radical (unpaired) electrons. The molecule has 1 saturated heterocycles. The van der Waals surface area contributed by atoms with Crippen LogP contribution in [0.3, 0.4) is 0 Å². The summed E-state index contributed by atoms with van der Waals surface area (Å²) in [6.07, 6.45) is -1.88. The summed E-state index contributed by atoms with van der Waals surface area (Å²) in [6.45, 7) is 1.70. The summed E-state index contributed by atoms with van der Waals surface area (Å²) in [5.41, 5.74) is 0. The Labute approximate surface area is 93.6 Å². The Morgan fingerprint density at radius 1 is 1.62 bits per heavy atom. The number of halogens is 2. The van der Waals surface area contributed by atoms with Crippen LogP contribution in [-0.4, -0.2) is 54.6 Å². The van der Waals surface area contributed by atoms with E-state index in [0.29, 0.717) is 6.42 Å². The zero-order valence-electron chi connectivity index (χ0n) is 9.33. The molecule has 2 unspecified atom stereocenters. The highest BCUT2D eigenvalue weighted by molar-refractivity contribution is 5.80. The summed E-state index contributed by atoms with van der Waals surface area (Å²) >= 11 is 0. The topological polar surface area (TPSA) is 52.6 Å². The van der Waals surface area contributed by atoms with Crippen LogP contribution in [0.25, 0.3) is 0 Å². The standard InChI is InChI=1S/C10H18F2N2O2/c1-7-8(2-3-13-7)10(16)14(4-5-15)6-9(11)12/h7-9,13,15H,2-6H2,1H3. The fourth-order valence-electron chi connectivity index (χ4n) is 2.01. The van der Waals surface area contributed by atoms with Crippen molar-refractivity contribution in [2.45, 2.75) is 25.8 Å². The minimum Gasteiger partial charge on any atom is -0.395 e. The molecule has 1 rings (SSSR count). The monoisotopic (exact) mass is 236 g/mol. The molecule has 0 saturated carbocycles. The first-order valence-corrected chi connectivity index (χ1v) is 5.47. The molecular formula is C10H18F2N2O2. The van der Waals surface area contributed by atoms with Gasteiger partial charge in [0.15, 0.2) is 0 Å².